The van der Waals surface area contributed by atoms with Gasteiger partial charge in [0.25, 0.3) is 0 Å². The Labute approximate surface area is 153 Å². The third-order valence-electron chi connectivity index (χ3n) is 3.64. The highest BCUT2D eigenvalue weighted by molar-refractivity contribution is 5.79. The maximum atomic E-state index is 5.76. The molecule has 1 aromatic carbocycles. The molecule has 0 aromatic heterocycles. The van der Waals surface area contributed by atoms with Gasteiger partial charge in [-0.2, -0.15) is 0 Å². The standard InChI is InChI=1S/C20H35N3O2/c1-4-7-15-25-19-12-10-11-18(16-19)17-23-20(21-5-2)22-13-8-9-14-24-6-3/h10-12,16H,4-9,13-15,17H2,1-3H3,(H2,21,22,23). The van der Waals surface area contributed by atoms with E-state index in [0.29, 0.717) is 6.54 Å². The molecule has 0 bridgehead atoms. The van der Waals surface area contributed by atoms with E-state index in [1.54, 1.807) is 0 Å². The fraction of sp³-hybridized carbons (Fsp3) is 0.650. The molecule has 0 spiro atoms. The molecular weight excluding hydrogens is 314 g/mol. The van der Waals surface area contributed by atoms with Crippen molar-refractivity contribution in [2.75, 3.05) is 32.9 Å². The molecule has 0 fully saturated rings. The van der Waals surface area contributed by atoms with Gasteiger partial charge in [-0.15, -0.1) is 0 Å². The van der Waals surface area contributed by atoms with E-state index in [1.807, 2.05) is 19.1 Å². The molecule has 0 amide bonds. The molecule has 0 saturated carbocycles. The molecule has 1 aromatic rings. The van der Waals surface area contributed by atoms with Crippen molar-refractivity contribution in [1.82, 2.24) is 10.6 Å². The zero-order valence-corrected chi connectivity index (χ0v) is 16.1. The highest BCUT2D eigenvalue weighted by atomic mass is 16.5. The highest BCUT2D eigenvalue weighted by Gasteiger charge is 2.00. The lowest BCUT2D eigenvalue weighted by molar-refractivity contribution is 0.143. The average molecular weight is 350 g/mol. The molecule has 0 heterocycles. The molecule has 5 nitrogen and oxygen atoms in total. The van der Waals surface area contributed by atoms with Gasteiger partial charge in [0.2, 0.25) is 0 Å². The molecule has 142 valence electrons. The normalized spacial score (nSPS) is 11.4. The van der Waals surface area contributed by atoms with Gasteiger partial charge in [0.05, 0.1) is 13.2 Å². The van der Waals surface area contributed by atoms with Crippen LogP contribution in [0.5, 0.6) is 5.75 Å². The van der Waals surface area contributed by atoms with Crippen LogP contribution in [-0.4, -0.2) is 38.9 Å². The number of ether oxygens (including phenoxy) is 2. The minimum absolute atomic E-state index is 0.638. The van der Waals surface area contributed by atoms with Crippen LogP contribution in [0.3, 0.4) is 0 Å². The second-order valence-corrected chi connectivity index (χ2v) is 5.88. The number of aliphatic imine (C=N–C) groups is 1. The van der Waals surface area contributed by atoms with Crippen LogP contribution in [0.25, 0.3) is 0 Å². The quantitative estimate of drug-likeness (QED) is 0.324. The van der Waals surface area contributed by atoms with E-state index in [4.69, 9.17) is 9.47 Å². The first kappa shape index (κ1) is 21.3. The Morgan fingerprint density at radius 3 is 2.68 bits per heavy atom. The van der Waals surface area contributed by atoms with Gasteiger partial charge in [-0.25, -0.2) is 4.99 Å². The molecule has 2 N–H and O–H groups in total. The third kappa shape index (κ3) is 10.7. The van der Waals surface area contributed by atoms with Gasteiger partial charge in [-0.3, -0.25) is 0 Å². The van der Waals surface area contributed by atoms with E-state index < -0.39 is 0 Å². The van der Waals surface area contributed by atoms with Crippen molar-refractivity contribution in [3.63, 3.8) is 0 Å². The van der Waals surface area contributed by atoms with E-state index >= 15 is 0 Å². The van der Waals surface area contributed by atoms with Crippen LogP contribution in [0.15, 0.2) is 29.3 Å². The SMILES string of the molecule is CCCCOc1cccc(CN=C(NCC)NCCCCOCC)c1. The van der Waals surface area contributed by atoms with Crippen molar-refractivity contribution in [3.8, 4) is 5.75 Å². The topological polar surface area (TPSA) is 54.9 Å². The number of nitrogens with zero attached hydrogens (tertiary/aromatic N) is 1. The van der Waals surface area contributed by atoms with Gasteiger partial charge >= 0.3 is 0 Å². The van der Waals surface area contributed by atoms with Crippen molar-refractivity contribution >= 4 is 5.96 Å². The van der Waals surface area contributed by atoms with Crippen LogP contribution < -0.4 is 15.4 Å². The predicted molar refractivity (Wildman–Crippen MR) is 105 cm³/mol. The van der Waals surface area contributed by atoms with Crippen molar-refractivity contribution in [2.45, 2.75) is 53.0 Å². The number of hydrogen-bond donors (Lipinski definition) is 2. The smallest absolute Gasteiger partial charge is 0.191 e. The molecule has 1 rings (SSSR count). The Kier molecular flexibility index (Phi) is 12.4. The van der Waals surface area contributed by atoms with Crippen molar-refractivity contribution in [1.29, 1.82) is 0 Å². The van der Waals surface area contributed by atoms with Gasteiger partial charge in [0, 0.05) is 26.3 Å². The Morgan fingerprint density at radius 1 is 1.04 bits per heavy atom. The van der Waals surface area contributed by atoms with Crippen molar-refractivity contribution in [2.24, 2.45) is 4.99 Å². The summed E-state index contributed by atoms with van der Waals surface area (Å²) in [5, 5.41) is 6.66. The zero-order valence-electron chi connectivity index (χ0n) is 16.1. The number of unbranched alkanes of at least 4 members (excludes halogenated alkanes) is 2. The summed E-state index contributed by atoms with van der Waals surface area (Å²) in [4.78, 5) is 4.66. The van der Waals surface area contributed by atoms with Gasteiger partial charge in [-0.1, -0.05) is 25.5 Å². The predicted octanol–water partition coefficient (Wildman–Crippen LogP) is 3.74. The molecule has 0 unspecified atom stereocenters. The first-order valence-electron chi connectivity index (χ1n) is 9.61. The van der Waals surface area contributed by atoms with Crippen LogP contribution in [-0.2, 0) is 11.3 Å². The minimum Gasteiger partial charge on any atom is -0.494 e. The summed E-state index contributed by atoms with van der Waals surface area (Å²) in [7, 11) is 0. The largest absolute Gasteiger partial charge is 0.494 e. The van der Waals surface area contributed by atoms with Gasteiger partial charge in [0.1, 0.15) is 5.75 Å². The second kappa shape index (κ2) is 14.6. The Balaban J connectivity index is 2.43. The minimum atomic E-state index is 0.638. The molecule has 0 aliphatic rings. The van der Waals surface area contributed by atoms with Crippen LogP contribution in [0.1, 0.15) is 52.0 Å². The summed E-state index contributed by atoms with van der Waals surface area (Å²) in [6.45, 7) is 11.1. The van der Waals surface area contributed by atoms with Gasteiger partial charge in [0.15, 0.2) is 5.96 Å². The maximum Gasteiger partial charge on any atom is 0.191 e. The summed E-state index contributed by atoms with van der Waals surface area (Å²) < 4.78 is 11.1. The summed E-state index contributed by atoms with van der Waals surface area (Å²) >= 11 is 0. The summed E-state index contributed by atoms with van der Waals surface area (Å²) in [5.74, 6) is 1.78. The van der Waals surface area contributed by atoms with Crippen molar-refractivity contribution in [3.05, 3.63) is 29.8 Å². The van der Waals surface area contributed by atoms with E-state index in [9.17, 15) is 0 Å². The fourth-order valence-corrected chi connectivity index (χ4v) is 2.26. The number of hydrogen-bond acceptors (Lipinski definition) is 3. The molecule has 25 heavy (non-hydrogen) atoms. The third-order valence-corrected chi connectivity index (χ3v) is 3.64. The number of benzene rings is 1. The number of rotatable bonds is 13. The zero-order chi connectivity index (χ0) is 18.2. The summed E-state index contributed by atoms with van der Waals surface area (Å²) in [6, 6.07) is 8.19. The fourth-order valence-electron chi connectivity index (χ4n) is 2.26. The Bertz CT molecular complexity index is 478. The van der Waals surface area contributed by atoms with E-state index in [-0.39, 0.29) is 0 Å². The molecule has 0 aliphatic carbocycles. The molecule has 5 heteroatoms. The first-order valence-corrected chi connectivity index (χ1v) is 9.61. The molecule has 0 atom stereocenters. The van der Waals surface area contributed by atoms with Crippen LogP contribution >= 0.6 is 0 Å². The number of guanidine groups is 1. The lowest BCUT2D eigenvalue weighted by Crippen LogP contribution is -2.37. The maximum absolute atomic E-state index is 5.76. The monoisotopic (exact) mass is 349 g/mol. The molecule has 0 radical (unpaired) electrons. The summed E-state index contributed by atoms with van der Waals surface area (Å²) in [6.07, 6.45) is 4.37. The Morgan fingerprint density at radius 2 is 1.92 bits per heavy atom. The van der Waals surface area contributed by atoms with E-state index in [1.165, 1.54) is 0 Å². The summed E-state index contributed by atoms with van der Waals surface area (Å²) in [5.41, 5.74) is 1.16. The van der Waals surface area contributed by atoms with Gasteiger partial charge in [-0.05, 0) is 50.8 Å². The van der Waals surface area contributed by atoms with Crippen LogP contribution in [0, 0.1) is 0 Å². The van der Waals surface area contributed by atoms with Gasteiger partial charge < -0.3 is 20.1 Å². The second-order valence-electron chi connectivity index (χ2n) is 5.88. The lowest BCUT2D eigenvalue weighted by Gasteiger charge is -2.11. The van der Waals surface area contributed by atoms with Crippen molar-refractivity contribution < 1.29 is 9.47 Å². The molecular formula is C20H35N3O2. The molecule has 0 saturated heterocycles. The van der Waals surface area contributed by atoms with Crippen LogP contribution in [0.2, 0.25) is 0 Å². The average Bonchev–Trinajstić information content (AvgIpc) is 2.63. The first-order chi connectivity index (χ1) is 12.3. The number of nitrogens with one attached hydrogen (secondary N) is 2. The lowest BCUT2D eigenvalue weighted by atomic mass is 10.2. The van der Waals surface area contributed by atoms with E-state index in [2.05, 4.69) is 41.6 Å². The van der Waals surface area contributed by atoms with E-state index in [0.717, 1.165) is 75.9 Å². The molecule has 0 aliphatic heterocycles. The Hall–Kier alpha value is -1.75. The highest BCUT2D eigenvalue weighted by Crippen LogP contribution is 2.14. The van der Waals surface area contributed by atoms with Crippen LogP contribution in [0.4, 0.5) is 0 Å².